The summed E-state index contributed by atoms with van der Waals surface area (Å²) in [4.78, 5) is 26.7. The van der Waals surface area contributed by atoms with Crippen molar-refractivity contribution in [1.29, 1.82) is 0 Å². The molecule has 1 amide bonds. The largest absolute Gasteiger partial charge is 0.872 e. The summed E-state index contributed by atoms with van der Waals surface area (Å²) in [5, 5.41) is 28.7. The highest BCUT2D eigenvalue weighted by molar-refractivity contribution is 7.14. The molecule has 3 rings (SSSR count). The van der Waals surface area contributed by atoms with Crippen LogP contribution in [0.3, 0.4) is 0 Å². The molecule has 0 aliphatic heterocycles. The quantitative estimate of drug-likeness (QED) is 0.637. The second-order valence-electron chi connectivity index (χ2n) is 5.44. The summed E-state index contributed by atoms with van der Waals surface area (Å²) < 4.78 is 0. The van der Waals surface area contributed by atoms with Crippen LogP contribution in [-0.2, 0) is 4.79 Å². The molecule has 0 unspecified atom stereocenters. The SMILES string of the molecule is CC(=O)Nc1cccc(-c2csc(Nc3ccc([O-])c(C(=O)O)c3)n2)c1. The third kappa shape index (κ3) is 3.98. The van der Waals surface area contributed by atoms with E-state index in [9.17, 15) is 14.7 Å². The number of carboxylic acids is 1. The van der Waals surface area contributed by atoms with E-state index in [1.807, 2.05) is 23.6 Å². The second kappa shape index (κ2) is 7.24. The number of benzene rings is 2. The zero-order chi connectivity index (χ0) is 18.7. The van der Waals surface area contributed by atoms with Gasteiger partial charge in [-0.15, -0.1) is 11.3 Å². The number of rotatable bonds is 5. The number of nitrogens with zero attached hydrogens (tertiary/aromatic N) is 1. The van der Waals surface area contributed by atoms with Crippen LogP contribution in [0.4, 0.5) is 16.5 Å². The third-order valence-corrected chi connectivity index (χ3v) is 4.20. The molecule has 2 aromatic carbocycles. The minimum Gasteiger partial charge on any atom is -0.872 e. The Kier molecular flexibility index (Phi) is 4.85. The third-order valence-electron chi connectivity index (χ3n) is 3.44. The maximum atomic E-state index is 11.5. The Labute approximate surface area is 153 Å². The summed E-state index contributed by atoms with van der Waals surface area (Å²) in [6.07, 6.45) is 0. The predicted molar refractivity (Wildman–Crippen MR) is 98.0 cm³/mol. The molecule has 7 nitrogen and oxygen atoms in total. The van der Waals surface area contributed by atoms with Gasteiger partial charge in [0.25, 0.3) is 0 Å². The van der Waals surface area contributed by atoms with Crippen LogP contribution in [0.25, 0.3) is 11.3 Å². The van der Waals surface area contributed by atoms with Crippen LogP contribution in [0.1, 0.15) is 17.3 Å². The summed E-state index contributed by atoms with van der Waals surface area (Å²) in [5.41, 5.74) is 2.39. The van der Waals surface area contributed by atoms with Crippen molar-refractivity contribution < 1.29 is 19.8 Å². The van der Waals surface area contributed by atoms with E-state index in [4.69, 9.17) is 5.11 Å². The van der Waals surface area contributed by atoms with Crippen molar-refractivity contribution in [1.82, 2.24) is 4.98 Å². The van der Waals surface area contributed by atoms with Crippen molar-refractivity contribution in [2.24, 2.45) is 0 Å². The molecule has 0 bridgehead atoms. The Morgan fingerprint density at radius 3 is 2.69 bits per heavy atom. The molecule has 0 radical (unpaired) electrons. The number of hydrogen-bond donors (Lipinski definition) is 3. The molecule has 0 saturated carbocycles. The van der Waals surface area contributed by atoms with E-state index < -0.39 is 11.7 Å². The smallest absolute Gasteiger partial charge is 0.335 e. The molecule has 0 aliphatic carbocycles. The first kappa shape index (κ1) is 17.4. The van der Waals surface area contributed by atoms with E-state index in [0.29, 0.717) is 22.2 Å². The Morgan fingerprint density at radius 1 is 1.15 bits per heavy atom. The first-order valence-electron chi connectivity index (χ1n) is 7.57. The van der Waals surface area contributed by atoms with Gasteiger partial charge >= 0.3 is 5.97 Å². The number of hydrogen-bond acceptors (Lipinski definition) is 6. The van der Waals surface area contributed by atoms with Gasteiger partial charge in [-0.1, -0.05) is 23.9 Å². The monoisotopic (exact) mass is 368 g/mol. The molecule has 0 spiro atoms. The average Bonchev–Trinajstić information content (AvgIpc) is 3.04. The van der Waals surface area contributed by atoms with Crippen LogP contribution in [0.15, 0.2) is 47.8 Å². The molecule has 0 atom stereocenters. The van der Waals surface area contributed by atoms with Gasteiger partial charge < -0.3 is 20.8 Å². The normalized spacial score (nSPS) is 10.3. The highest BCUT2D eigenvalue weighted by Gasteiger charge is 2.09. The topological polar surface area (TPSA) is 114 Å². The van der Waals surface area contributed by atoms with Crippen LogP contribution < -0.4 is 15.7 Å². The number of anilines is 3. The molecule has 0 aliphatic rings. The van der Waals surface area contributed by atoms with Crippen molar-refractivity contribution in [3.63, 3.8) is 0 Å². The van der Waals surface area contributed by atoms with E-state index in [-0.39, 0.29) is 11.5 Å². The van der Waals surface area contributed by atoms with Crippen molar-refractivity contribution >= 4 is 39.7 Å². The molecule has 26 heavy (non-hydrogen) atoms. The van der Waals surface area contributed by atoms with Crippen LogP contribution >= 0.6 is 11.3 Å². The summed E-state index contributed by atoms with van der Waals surface area (Å²) in [5.74, 6) is -1.97. The summed E-state index contributed by atoms with van der Waals surface area (Å²) in [7, 11) is 0. The van der Waals surface area contributed by atoms with E-state index in [2.05, 4.69) is 15.6 Å². The fourth-order valence-electron chi connectivity index (χ4n) is 2.32. The minimum absolute atomic E-state index is 0.154. The molecule has 3 aromatic rings. The zero-order valence-corrected chi connectivity index (χ0v) is 14.5. The molecule has 1 heterocycles. The molecular weight excluding hydrogens is 354 g/mol. The number of aromatic carboxylic acids is 1. The molecule has 132 valence electrons. The van der Waals surface area contributed by atoms with E-state index >= 15 is 0 Å². The van der Waals surface area contributed by atoms with Crippen molar-refractivity contribution in [3.05, 3.63) is 53.4 Å². The first-order chi connectivity index (χ1) is 12.4. The molecule has 3 N–H and O–H groups in total. The van der Waals surface area contributed by atoms with Gasteiger partial charge in [0.2, 0.25) is 5.91 Å². The number of carbonyl (C=O) groups is 2. The Hall–Kier alpha value is -3.39. The molecular formula is C18H14N3O4S-. The number of aromatic nitrogens is 1. The fraction of sp³-hybridized carbons (Fsp3) is 0.0556. The fourth-order valence-corrected chi connectivity index (χ4v) is 3.06. The van der Waals surface area contributed by atoms with Crippen LogP contribution in [0, 0.1) is 0 Å². The van der Waals surface area contributed by atoms with Gasteiger partial charge in [-0.05, 0) is 24.3 Å². The lowest BCUT2D eigenvalue weighted by atomic mass is 10.1. The van der Waals surface area contributed by atoms with Crippen LogP contribution in [0.2, 0.25) is 0 Å². The van der Waals surface area contributed by atoms with Gasteiger partial charge in [0, 0.05) is 29.2 Å². The van der Waals surface area contributed by atoms with Gasteiger partial charge in [0.15, 0.2) is 5.13 Å². The molecule has 1 aromatic heterocycles. The number of carbonyl (C=O) groups excluding carboxylic acids is 1. The lowest BCUT2D eigenvalue weighted by molar-refractivity contribution is -0.268. The van der Waals surface area contributed by atoms with Gasteiger partial charge in [0.05, 0.1) is 11.3 Å². The molecule has 8 heteroatoms. The Bertz CT molecular complexity index is 984. The Morgan fingerprint density at radius 2 is 1.96 bits per heavy atom. The Balaban J connectivity index is 1.81. The number of nitrogens with one attached hydrogen (secondary N) is 2. The number of thiazole rings is 1. The molecule has 0 saturated heterocycles. The molecule has 0 fully saturated rings. The number of carboxylic acid groups (broad SMARTS) is 1. The average molecular weight is 368 g/mol. The first-order valence-corrected chi connectivity index (χ1v) is 8.45. The predicted octanol–water partition coefficient (Wildman–Crippen LogP) is 3.28. The van der Waals surface area contributed by atoms with Crippen molar-refractivity contribution in [3.8, 4) is 17.0 Å². The second-order valence-corrected chi connectivity index (χ2v) is 6.30. The summed E-state index contributed by atoms with van der Waals surface area (Å²) >= 11 is 1.34. The van der Waals surface area contributed by atoms with Gasteiger partial charge in [-0.2, -0.15) is 0 Å². The van der Waals surface area contributed by atoms with Crippen molar-refractivity contribution in [2.75, 3.05) is 10.6 Å². The highest BCUT2D eigenvalue weighted by atomic mass is 32.1. The summed E-state index contributed by atoms with van der Waals surface area (Å²) in [6.45, 7) is 1.44. The standard InChI is InChI=1S/C18H15N3O4S/c1-10(22)19-12-4-2-3-11(7-12)15-9-26-18(21-15)20-13-5-6-16(23)14(8-13)17(24)25/h2-9,23H,1H3,(H,19,22)(H,20,21)(H,24,25)/p-1. The maximum absolute atomic E-state index is 11.5. The van der Waals surface area contributed by atoms with E-state index in [1.54, 1.807) is 6.07 Å². The van der Waals surface area contributed by atoms with E-state index in [0.717, 1.165) is 5.56 Å². The van der Waals surface area contributed by atoms with Gasteiger partial charge in [0.1, 0.15) is 0 Å². The van der Waals surface area contributed by atoms with E-state index in [1.165, 1.54) is 36.5 Å². The lowest BCUT2D eigenvalue weighted by Gasteiger charge is -2.11. The van der Waals surface area contributed by atoms with Crippen molar-refractivity contribution in [2.45, 2.75) is 6.92 Å². The number of amides is 1. The van der Waals surface area contributed by atoms with Gasteiger partial charge in [-0.3, -0.25) is 4.79 Å². The van der Waals surface area contributed by atoms with Crippen LogP contribution in [-0.4, -0.2) is 22.0 Å². The lowest BCUT2D eigenvalue weighted by Crippen LogP contribution is -2.05. The summed E-state index contributed by atoms with van der Waals surface area (Å²) in [6, 6.07) is 11.3. The zero-order valence-electron chi connectivity index (χ0n) is 13.6. The van der Waals surface area contributed by atoms with Crippen LogP contribution in [0.5, 0.6) is 5.75 Å². The minimum atomic E-state index is -1.27. The van der Waals surface area contributed by atoms with Gasteiger partial charge in [-0.25, -0.2) is 9.78 Å². The highest BCUT2D eigenvalue weighted by Crippen LogP contribution is 2.29. The maximum Gasteiger partial charge on any atom is 0.335 e.